The lowest BCUT2D eigenvalue weighted by atomic mass is 10.2. The van der Waals surface area contributed by atoms with Gasteiger partial charge in [-0.1, -0.05) is 26.6 Å². The fraction of sp³-hybridized carbons (Fsp3) is 0.824. The van der Waals surface area contributed by atoms with Crippen LogP contribution in [0.15, 0.2) is 12.4 Å². The summed E-state index contributed by atoms with van der Waals surface area (Å²) in [5.41, 5.74) is 0. The van der Waals surface area contributed by atoms with Crippen molar-refractivity contribution in [2.75, 3.05) is 13.2 Å². The minimum Gasteiger partial charge on any atom is -0.360 e. The Morgan fingerprint density at radius 2 is 1.78 bits per heavy atom. The number of aromatic nitrogens is 2. The Kier molecular flexibility index (Phi) is 11.6. The molecule has 0 aliphatic carbocycles. The first-order chi connectivity index (χ1) is 10.6. The van der Waals surface area contributed by atoms with Gasteiger partial charge in [0.15, 0.2) is 0 Å². The van der Waals surface area contributed by atoms with E-state index in [4.69, 9.17) is 4.74 Å². The molecule has 0 radical (unpaired) electrons. The molecule has 0 saturated carbocycles. The largest absolute Gasteiger partial charge is 0.360 e. The predicted molar refractivity (Wildman–Crippen MR) is 112 cm³/mol. The van der Waals surface area contributed by atoms with E-state index in [9.17, 15) is 0 Å². The van der Waals surface area contributed by atoms with Crippen molar-refractivity contribution in [2.24, 2.45) is 0 Å². The zero-order valence-corrected chi connectivity index (χ0v) is 19.4. The van der Waals surface area contributed by atoms with Crippen LogP contribution in [0.4, 0.5) is 0 Å². The topological polar surface area (TPSA) is 30.3 Å². The molecule has 6 heteroatoms. The molecule has 0 N–H and O–H groups in total. The van der Waals surface area contributed by atoms with Gasteiger partial charge in [-0.2, -0.15) is 5.10 Å². The van der Waals surface area contributed by atoms with E-state index in [0.29, 0.717) is 18.8 Å². The van der Waals surface area contributed by atoms with Crippen LogP contribution in [0.1, 0.15) is 34.6 Å². The summed E-state index contributed by atoms with van der Waals surface area (Å²) in [5.74, 6) is 0. The summed E-state index contributed by atoms with van der Waals surface area (Å²) < 4.78 is 8.52. The maximum Gasteiger partial charge on any atom is 0.139 e. The van der Waals surface area contributed by atoms with E-state index in [1.165, 1.54) is 6.04 Å². The molecule has 0 atom stereocenters. The maximum absolute atomic E-state index is 5.54. The van der Waals surface area contributed by atoms with E-state index in [1.807, 2.05) is 17.1 Å². The fourth-order valence-electron chi connectivity index (χ4n) is 2.27. The Labute approximate surface area is 158 Å². The molecule has 0 fully saturated rings. The summed E-state index contributed by atoms with van der Waals surface area (Å²) in [6.45, 7) is 20.8. The van der Waals surface area contributed by atoms with Crippen LogP contribution < -0.4 is 0 Å². The van der Waals surface area contributed by atoms with Gasteiger partial charge in [0.1, 0.15) is 6.73 Å². The molecule has 0 spiro atoms. The smallest absolute Gasteiger partial charge is 0.139 e. The number of hydrogen-bond acceptors (Lipinski definition) is 3. The Bertz CT molecular complexity index is 408. The first-order valence-corrected chi connectivity index (χ1v) is 13.4. The van der Waals surface area contributed by atoms with Crippen molar-refractivity contribution in [1.82, 2.24) is 14.7 Å². The second-order valence-corrected chi connectivity index (χ2v) is 14.4. The van der Waals surface area contributed by atoms with Gasteiger partial charge in [-0.05, 0) is 62.9 Å². The highest BCUT2D eigenvalue weighted by atomic mass is 127. The highest BCUT2D eigenvalue weighted by Crippen LogP contribution is 2.08. The molecular formula is C17H36IN3OSi. The molecule has 0 aromatic carbocycles. The standard InChI is InChI=1S/C9H17IN2OSi.C8H19N/c1-14(2,3)5-4-13-8-12-7-9(10)6-11-12;1-6-9(7(2)3)8(4)5/h6-7H,4-5,8H2,1-3H3;7-8H,6H2,1-5H3. The number of halogens is 1. The molecule has 136 valence electrons. The van der Waals surface area contributed by atoms with Crippen molar-refractivity contribution in [3.8, 4) is 0 Å². The normalized spacial score (nSPS) is 12.0. The van der Waals surface area contributed by atoms with Crippen LogP contribution in [-0.2, 0) is 11.5 Å². The quantitative estimate of drug-likeness (QED) is 0.318. The average Bonchev–Trinajstić information content (AvgIpc) is 2.80. The second-order valence-electron chi connectivity index (χ2n) is 7.56. The van der Waals surface area contributed by atoms with E-state index in [1.54, 1.807) is 0 Å². The molecular weight excluding hydrogens is 417 g/mol. The summed E-state index contributed by atoms with van der Waals surface area (Å²) in [6, 6.07) is 2.59. The zero-order chi connectivity index (χ0) is 18.0. The van der Waals surface area contributed by atoms with E-state index in [2.05, 4.69) is 86.8 Å². The molecule has 1 aromatic heterocycles. The highest BCUT2D eigenvalue weighted by molar-refractivity contribution is 14.1. The number of hydrogen-bond donors (Lipinski definition) is 0. The lowest BCUT2D eigenvalue weighted by molar-refractivity contribution is 0.0785. The van der Waals surface area contributed by atoms with Gasteiger partial charge in [0.05, 0.1) is 9.77 Å². The molecule has 1 aromatic rings. The Morgan fingerprint density at radius 3 is 2.09 bits per heavy atom. The minimum atomic E-state index is -0.946. The molecule has 0 amide bonds. The number of nitrogens with zero attached hydrogens (tertiary/aromatic N) is 3. The number of rotatable bonds is 8. The monoisotopic (exact) mass is 453 g/mol. The fourth-order valence-corrected chi connectivity index (χ4v) is 3.47. The summed E-state index contributed by atoms with van der Waals surface area (Å²) >= 11 is 2.24. The molecule has 0 aliphatic rings. The van der Waals surface area contributed by atoms with Crippen molar-refractivity contribution < 1.29 is 4.74 Å². The molecule has 0 unspecified atom stereocenters. The van der Waals surface area contributed by atoms with Crippen molar-refractivity contribution in [3.63, 3.8) is 0 Å². The van der Waals surface area contributed by atoms with Gasteiger partial charge in [-0.3, -0.25) is 4.90 Å². The van der Waals surface area contributed by atoms with Crippen LogP contribution in [0.2, 0.25) is 25.7 Å². The summed E-state index contributed by atoms with van der Waals surface area (Å²) in [7, 11) is -0.946. The molecule has 1 heterocycles. The zero-order valence-electron chi connectivity index (χ0n) is 16.3. The Balaban J connectivity index is 0.000000468. The van der Waals surface area contributed by atoms with Gasteiger partial charge in [0.2, 0.25) is 0 Å². The molecule has 0 saturated heterocycles. The van der Waals surface area contributed by atoms with Crippen LogP contribution in [0, 0.1) is 3.57 Å². The summed E-state index contributed by atoms with van der Waals surface area (Å²) in [5, 5.41) is 4.15. The first-order valence-electron chi connectivity index (χ1n) is 8.58. The van der Waals surface area contributed by atoms with E-state index >= 15 is 0 Å². The van der Waals surface area contributed by atoms with Gasteiger partial charge in [-0.15, -0.1) is 0 Å². The molecule has 0 aliphatic heterocycles. The lowest BCUT2D eigenvalue weighted by Gasteiger charge is -2.28. The molecule has 23 heavy (non-hydrogen) atoms. The van der Waals surface area contributed by atoms with E-state index < -0.39 is 8.07 Å². The minimum absolute atomic E-state index is 0.577. The predicted octanol–water partition coefficient (Wildman–Crippen LogP) is 4.93. The molecule has 1 rings (SSSR count). The van der Waals surface area contributed by atoms with Crippen LogP contribution >= 0.6 is 22.6 Å². The van der Waals surface area contributed by atoms with Crippen LogP contribution in [0.3, 0.4) is 0 Å². The summed E-state index contributed by atoms with van der Waals surface area (Å²) in [6.07, 6.45) is 3.82. The van der Waals surface area contributed by atoms with Gasteiger partial charge in [0.25, 0.3) is 0 Å². The third-order valence-corrected chi connectivity index (χ3v) is 5.77. The van der Waals surface area contributed by atoms with Crippen molar-refractivity contribution in [2.45, 2.75) is 79.1 Å². The van der Waals surface area contributed by atoms with Gasteiger partial charge in [0, 0.05) is 33.0 Å². The third-order valence-electron chi connectivity index (χ3n) is 3.51. The third kappa shape index (κ3) is 12.1. The Hall–Kier alpha value is 0.0769. The van der Waals surface area contributed by atoms with E-state index in [0.717, 1.165) is 16.7 Å². The van der Waals surface area contributed by atoms with Crippen molar-refractivity contribution >= 4 is 30.7 Å². The van der Waals surface area contributed by atoms with E-state index in [-0.39, 0.29) is 0 Å². The molecule has 4 nitrogen and oxygen atoms in total. The second kappa shape index (κ2) is 11.6. The average molecular weight is 453 g/mol. The first kappa shape index (κ1) is 23.1. The van der Waals surface area contributed by atoms with Crippen LogP contribution in [0.5, 0.6) is 0 Å². The van der Waals surface area contributed by atoms with Crippen LogP contribution in [0.25, 0.3) is 0 Å². The van der Waals surface area contributed by atoms with Gasteiger partial charge < -0.3 is 4.74 Å². The van der Waals surface area contributed by atoms with Crippen molar-refractivity contribution in [1.29, 1.82) is 0 Å². The summed E-state index contributed by atoms with van der Waals surface area (Å²) in [4.78, 5) is 2.46. The highest BCUT2D eigenvalue weighted by Gasteiger charge is 2.12. The molecule has 0 bridgehead atoms. The van der Waals surface area contributed by atoms with Gasteiger partial charge >= 0.3 is 0 Å². The maximum atomic E-state index is 5.54. The SMILES string of the molecule is CCN(C(C)C)C(C)C.C[Si](C)(C)CCOCn1cc(I)cn1. The van der Waals surface area contributed by atoms with Crippen molar-refractivity contribution in [3.05, 3.63) is 16.0 Å². The number of ether oxygens (including phenoxy) is 1. The lowest BCUT2D eigenvalue weighted by Crippen LogP contribution is -2.36. The Morgan fingerprint density at radius 1 is 1.22 bits per heavy atom. The van der Waals surface area contributed by atoms with Crippen LogP contribution in [-0.4, -0.2) is 48.0 Å². The van der Waals surface area contributed by atoms with Gasteiger partial charge in [-0.25, -0.2) is 4.68 Å².